The van der Waals surface area contributed by atoms with E-state index >= 15 is 0 Å². The summed E-state index contributed by atoms with van der Waals surface area (Å²) in [7, 11) is 0. The molecule has 0 atom stereocenters. The van der Waals surface area contributed by atoms with Gasteiger partial charge in [0.1, 0.15) is 0 Å². The van der Waals surface area contributed by atoms with Gasteiger partial charge in [-0.05, 0) is 41.5 Å². The van der Waals surface area contributed by atoms with Gasteiger partial charge in [0.25, 0.3) is 0 Å². The molecule has 48 heavy (non-hydrogen) atoms. The summed E-state index contributed by atoms with van der Waals surface area (Å²) in [5.41, 5.74) is 11.8. The Kier molecular flexibility index (Phi) is 6.76. The first-order valence-electron chi connectivity index (χ1n) is 16.1. The van der Waals surface area contributed by atoms with Crippen LogP contribution in [0.1, 0.15) is 0 Å². The topological polar surface area (TPSA) is 51.6 Å². The maximum absolute atomic E-state index is 5.24. The minimum absolute atomic E-state index is 0.709. The first-order chi connectivity index (χ1) is 23.8. The van der Waals surface area contributed by atoms with Crippen LogP contribution in [-0.4, -0.2) is 19.9 Å². The van der Waals surface area contributed by atoms with Crippen LogP contribution in [0.4, 0.5) is 0 Å². The van der Waals surface area contributed by atoms with E-state index in [9.17, 15) is 0 Å². The predicted molar refractivity (Wildman–Crippen MR) is 197 cm³/mol. The molecule has 4 heteroatoms. The van der Waals surface area contributed by atoms with Crippen LogP contribution in [0.25, 0.3) is 89.0 Å². The summed E-state index contributed by atoms with van der Waals surface area (Å²) in [4.78, 5) is 20.5. The van der Waals surface area contributed by atoms with E-state index in [0.717, 1.165) is 72.0 Å². The lowest BCUT2D eigenvalue weighted by molar-refractivity contribution is 1.23. The molecule has 0 bridgehead atoms. The lowest BCUT2D eigenvalue weighted by Gasteiger charge is -2.12. The average Bonchev–Trinajstić information content (AvgIpc) is 3.18. The molecule has 0 saturated heterocycles. The Morgan fingerprint density at radius 3 is 1.48 bits per heavy atom. The van der Waals surface area contributed by atoms with Gasteiger partial charge >= 0.3 is 0 Å². The van der Waals surface area contributed by atoms with Gasteiger partial charge in [-0.3, -0.25) is 0 Å². The molecule has 0 unspecified atom stereocenters. The van der Waals surface area contributed by atoms with Crippen molar-refractivity contribution in [1.82, 2.24) is 19.9 Å². The first-order valence-corrected chi connectivity index (χ1v) is 16.1. The molecule has 0 aliphatic carbocycles. The van der Waals surface area contributed by atoms with Crippen LogP contribution in [-0.2, 0) is 0 Å². The molecule has 0 saturated carbocycles. The van der Waals surface area contributed by atoms with Gasteiger partial charge < -0.3 is 0 Å². The third kappa shape index (κ3) is 5.06. The van der Waals surface area contributed by atoms with Crippen LogP contribution in [0.3, 0.4) is 0 Å². The second-order valence-corrected chi connectivity index (χ2v) is 11.9. The Morgan fingerprint density at radius 1 is 0.312 bits per heavy atom. The molecule has 0 aliphatic rings. The Bertz CT molecular complexity index is 2600. The van der Waals surface area contributed by atoms with Gasteiger partial charge in [-0.25, -0.2) is 19.9 Å². The molecule has 9 rings (SSSR count). The molecular weight excluding hydrogens is 585 g/mol. The van der Waals surface area contributed by atoms with Crippen molar-refractivity contribution < 1.29 is 0 Å². The lowest BCUT2D eigenvalue weighted by atomic mass is 10.0. The standard InChI is InChI=1S/C44H28N4/c1-4-11-29(12-5-1)34-17-10-18-35(27-34)38-24-21-31-19-20-32-22-25-39(46-43(32)42(31)45-38)36-23-26-40-37(28-36)41(30-13-6-2-7-14-30)48-44(47-40)33-15-8-3-9-16-33/h1-28H. The zero-order chi connectivity index (χ0) is 31.9. The molecule has 4 nitrogen and oxygen atoms in total. The SMILES string of the molecule is c1ccc(-c2cccc(-c3ccc4ccc5ccc(-c6ccc7nc(-c8ccccc8)nc(-c8ccccc8)c7c6)nc5c4n3)c2)cc1. The number of hydrogen-bond acceptors (Lipinski definition) is 4. The average molecular weight is 613 g/mol. The second kappa shape index (κ2) is 11.7. The monoisotopic (exact) mass is 612 g/mol. The molecule has 224 valence electrons. The number of benzene rings is 6. The Labute approximate surface area is 278 Å². The fraction of sp³-hybridized carbons (Fsp3) is 0. The van der Waals surface area contributed by atoms with E-state index in [1.165, 1.54) is 11.1 Å². The molecule has 0 radical (unpaired) electrons. The van der Waals surface area contributed by atoms with Gasteiger partial charge in [-0.15, -0.1) is 0 Å². The van der Waals surface area contributed by atoms with Crippen LogP contribution >= 0.6 is 0 Å². The van der Waals surface area contributed by atoms with E-state index in [4.69, 9.17) is 19.9 Å². The fourth-order valence-corrected chi connectivity index (χ4v) is 6.40. The van der Waals surface area contributed by atoms with Gasteiger partial charge in [-0.2, -0.15) is 0 Å². The van der Waals surface area contributed by atoms with Crippen molar-refractivity contribution in [3.63, 3.8) is 0 Å². The van der Waals surface area contributed by atoms with Crippen molar-refractivity contribution in [2.45, 2.75) is 0 Å². The summed E-state index contributed by atoms with van der Waals surface area (Å²) in [6, 6.07) is 58.5. The van der Waals surface area contributed by atoms with Gasteiger partial charge in [-0.1, -0.05) is 140 Å². The molecule has 0 spiro atoms. The molecule has 0 aliphatic heterocycles. The minimum atomic E-state index is 0.709. The largest absolute Gasteiger partial charge is 0.245 e. The normalized spacial score (nSPS) is 11.3. The smallest absolute Gasteiger partial charge is 0.160 e. The van der Waals surface area contributed by atoms with E-state index in [1.54, 1.807) is 0 Å². The van der Waals surface area contributed by atoms with E-state index in [2.05, 4.69) is 115 Å². The Morgan fingerprint density at radius 2 is 0.833 bits per heavy atom. The maximum atomic E-state index is 5.24. The number of hydrogen-bond donors (Lipinski definition) is 0. The summed E-state index contributed by atoms with van der Waals surface area (Å²) in [6.45, 7) is 0. The maximum Gasteiger partial charge on any atom is 0.160 e. The summed E-state index contributed by atoms with van der Waals surface area (Å²) < 4.78 is 0. The minimum Gasteiger partial charge on any atom is -0.245 e. The third-order valence-corrected chi connectivity index (χ3v) is 8.86. The van der Waals surface area contributed by atoms with Gasteiger partial charge in [0.2, 0.25) is 0 Å². The molecule has 0 amide bonds. The number of pyridine rings is 2. The zero-order valence-electron chi connectivity index (χ0n) is 26.0. The Balaban J connectivity index is 1.18. The summed E-state index contributed by atoms with van der Waals surface area (Å²) in [5.74, 6) is 0.709. The summed E-state index contributed by atoms with van der Waals surface area (Å²) in [6.07, 6.45) is 0. The third-order valence-electron chi connectivity index (χ3n) is 8.86. The highest BCUT2D eigenvalue weighted by Gasteiger charge is 2.14. The summed E-state index contributed by atoms with van der Waals surface area (Å²) >= 11 is 0. The van der Waals surface area contributed by atoms with Crippen LogP contribution < -0.4 is 0 Å². The molecule has 9 aromatic rings. The van der Waals surface area contributed by atoms with Crippen molar-refractivity contribution in [2.75, 3.05) is 0 Å². The highest BCUT2D eigenvalue weighted by molar-refractivity contribution is 6.04. The van der Waals surface area contributed by atoms with Gasteiger partial charge in [0.05, 0.1) is 33.6 Å². The first kappa shape index (κ1) is 27.8. The number of rotatable bonds is 5. The van der Waals surface area contributed by atoms with E-state index in [0.29, 0.717) is 5.82 Å². The fourth-order valence-electron chi connectivity index (χ4n) is 6.40. The van der Waals surface area contributed by atoms with Crippen LogP contribution in [0.2, 0.25) is 0 Å². The number of nitrogens with zero attached hydrogens (tertiary/aromatic N) is 4. The number of aromatic nitrogens is 4. The van der Waals surface area contributed by atoms with E-state index in [-0.39, 0.29) is 0 Å². The van der Waals surface area contributed by atoms with Crippen LogP contribution in [0.15, 0.2) is 170 Å². The van der Waals surface area contributed by atoms with Crippen molar-refractivity contribution >= 4 is 32.7 Å². The highest BCUT2D eigenvalue weighted by atomic mass is 14.9. The van der Waals surface area contributed by atoms with E-state index in [1.807, 2.05) is 54.6 Å². The van der Waals surface area contributed by atoms with Crippen molar-refractivity contribution in [2.24, 2.45) is 0 Å². The number of fused-ring (bicyclic) bond motifs is 4. The van der Waals surface area contributed by atoms with E-state index < -0.39 is 0 Å². The van der Waals surface area contributed by atoms with Crippen LogP contribution in [0, 0.1) is 0 Å². The molecule has 3 aromatic heterocycles. The van der Waals surface area contributed by atoms with Crippen molar-refractivity contribution in [3.05, 3.63) is 170 Å². The van der Waals surface area contributed by atoms with Crippen LogP contribution in [0.5, 0.6) is 0 Å². The highest BCUT2D eigenvalue weighted by Crippen LogP contribution is 2.34. The lowest BCUT2D eigenvalue weighted by Crippen LogP contribution is -1.96. The predicted octanol–water partition coefficient (Wildman–Crippen LogP) is 11.1. The Hall–Kier alpha value is -6.52. The molecule has 3 heterocycles. The van der Waals surface area contributed by atoms with Crippen molar-refractivity contribution in [1.29, 1.82) is 0 Å². The van der Waals surface area contributed by atoms with Gasteiger partial charge in [0, 0.05) is 38.4 Å². The molecule has 6 aromatic carbocycles. The van der Waals surface area contributed by atoms with Crippen molar-refractivity contribution in [3.8, 4) is 56.3 Å². The molecular formula is C44H28N4. The zero-order valence-corrected chi connectivity index (χ0v) is 26.0. The quantitative estimate of drug-likeness (QED) is 0.181. The van der Waals surface area contributed by atoms with Gasteiger partial charge in [0.15, 0.2) is 5.82 Å². The molecule has 0 fully saturated rings. The molecule has 0 N–H and O–H groups in total. The second-order valence-electron chi connectivity index (χ2n) is 11.9. The summed E-state index contributed by atoms with van der Waals surface area (Å²) in [5, 5.41) is 3.09.